The zero-order valence-electron chi connectivity index (χ0n) is 26.6. The first-order valence-corrected chi connectivity index (χ1v) is 16.6. The third-order valence-corrected chi connectivity index (χ3v) is 7.87. The van der Waals surface area contributed by atoms with Crippen LogP contribution < -0.4 is 50.4 Å². The van der Waals surface area contributed by atoms with E-state index in [9.17, 15) is 29.4 Å². The van der Waals surface area contributed by atoms with E-state index in [4.69, 9.17) is 0 Å². The molecule has 0 aromatic rings. The number of carboxylic acids is 2. The Balaban J connectivity index is -0.000000209. The molecule has 0 bridgehead atoms. The van der Waals surface area contributed by atoms with Crippen molar-refractivity contribution in [3.63, 3.8) is 0 Å². The third-order valence-electron chi connectivity index (χ3n) is 5.80. The van der Waals surface area contributed by atoms with Crippen LogP contribution in [0.15, 0.2) is 0 Å². The zero-order valence-corrected chi connectivity index (χ0v) is 36.0. The van der Waals surface area contributed by atoms with Crippen LogP contribution in [0.25, 0.3) is 0 Å². The van der Waals surface area contributed by atoms with Crippen molar-refractivity contribution in [3.05, 3.63) is 0 Å². The number of carbonyl (C=O) groups excluding carboxylic acids is 4. The van der Waals surface area contributed by atoms with Crippen LogP contribution in [-0.4, -0.2) is 67.3 Å². The summed E-state index contributed by atoms with van der Waals surface area (Å²) in [4.78, 5) is 45.4. The summed E-state index contributed by atoms with van der Waals surface area (Å²) in [5, 5.41) is 27.5. The van der Waals surface area contributed by atoms with Crippen LogP contribution in [0.5, 0.6) is 0 Å². The Morgan fingerprint density at radius 2 is 0.952 bits per heavy atom. The van der Waals surface area contributed by atoms with Crippen LogP contribution >= 0.6 is 75.8 Å². The number of rotatable bonds is 20. The molecule has 0 spiro atoms. The second kappa shape index (κ2) is 27.7. The number of carbonyl (C=O) groups is 4. The molecule has 0 rings (SSSR count). The minimum atomic E-state index is -1.32. The van der Waals surface area contributed by atoms with Gasteiger partial charge in [-0.05, 0) is 77.7 Å². The molecule has 0 heterocycles. The molecule has 42 heavy (non-hydrogen) atoms. The predicted octanol–water partition coefficient (Wildman–Crippen LogP) is -0.670. The zero-order chi connectivity index (χ0) is 31.5. The summed E-state index contributed by atoms with van der Waals surface area (Å²) in [6.45, 7) is 6.50. The van der Waals surface area contributed by atoms with Crippen LogP contribution in [0.1, 0.15) is 93.3 Å². The molecule has 0 aromatic carbocycles. The molecular formula is C26H49N2NaO6S6Zn. The number of hydrogen-bond acceptors (Lipinski definition) is 12. The van der Waals surface area contributed by atoms with Gasteiger partial charge in [0.25, 0.3) is 0 Å². The second-order valence-corrected chi connectivity index (χ2v) is 15.4. The van der Waals surface area contributed by atoms with Gasteiger partial charge in [0.05, 0.1) is 24.0 Å². The molecule has 0 radical (unpaired) electrons. The first-order valence-electron chi connectivity index (χ1n) is 13.4. The third kappa shape index (κ3) is 27.9. The van der Waals surface area contributed by atoms with Gasteiger partial charge < -0.3 is 31.9 Å². The SMILES string of the molecule is CC(C)(S)[C@H](NC(=O)CCCCC(S)CCS)C(=O)[O-].CC(C)(S)[C@H](NC(=O)CCCCC(S)CCS)C(=O)[O-].[H-].[Na+].[Zn+2]. The van der Waals surface area contributed by atoms with Crippen LogP contribution in [0.3, 0.4) is 0 Å². The summed E-state index contributed by atoms with van der Waals surface area (Å²) in [6.07, 6.45) is 7.54. The number of thiol groups is 6. The van der Waals surface area contributed by atoms with Gasteiger partial charge in [-0.3, -0.25) is 9.59 Å². The van der Waals surface area contributed by atoms with Gasteiger partial charge in [0.2, 0.25) is 11.8 Å². The van der Waals surface area contributed by atoms with Crippen LogP contribution in [0.4, 0.5) is 0 Å². The Morgan fingerprint density at radius 1 is 0.667 bits per heavy atom. The Bertz CT molecular complexity index is 719. The normalized spacial score (nSPS) is 14.0. The molecule has 0 saturated carbocycles. The van der Waals surface area contributed by atoms with Crippen molar-refractivity contribution in [3.8, 4) is 0 Å². The summed E-state index contributed by atoms with van der Waals surface area (Å²) in [5.74, 6) is -1.60. The van der Waals surface area contributed by atoms with Crippen molar-refractivity contribution in [2.45, 2.75) is 124 Å². The maximum atomic E-state index is 11.7. The molecule has 16 heteroatoms. The first-order chi connectivity index (χ1) is 18.4. The topological polar surface area (TPSA) is 138 Å². The van der Waals surface area contributed by atoms with Gasteiger partial charge in [-0.15, -0.1) is 0 Å². The predicted molar refractivity (Wildman–Crippen MR) is 181 cm³/mol. The summed E-state index contributed by atoms with van der Waals surface area (Å²) in [5.41, 5.74) is 0. The van der Waals surface area contributed by atoms with Crippen molar-refractivity contribution < 1.29 is 79.9 Å². The Labute approximate surface area is 322 Å². The molecule has 0 aliphatic heterocycles. The van der Waals surface area contributed by atoms with Gasteiger partial charge in [-0.2, -0.15) is 75.8 Å². The molecule has 8 nitrogen and oxygen atoms in total. The van der Waals surface area contributed by atoms with E-state index >= 15 is 0 Å². The second-order valence-electron chi connectivity index (χ2n) is 10.8. The monoisotopic (exact) mass is 764 g/mol. The van der Waals surface area contributed by atoms with Gasteiger partial charge in [-0.25, -0.2) is 0 Å². The minimum Gasteiger partial charge on any atom is -1.00 e. The number of carboxylic acid groups (broad SMARTS) is 2. The number of nitrogens with one attached hydrogen (secondary N) is 2. The average Bonchev–Trinajstić information content (AvgIpc) is 2.80. The Hall–Kier alpha value is 1.60. The van der Waals surface area contributed by atoms with Crippen molar-refractivity contribution in [1.29, 1.82) is 0 Å². The fourth-order valence-electron chi connectivity index (χ4n) is 3.43. The largest absolute Gasteiger partial charge is 2.00 e. The molecule has 0 aromatic heterocycles. The van der Waals surface area contributed by atoms with Gasteiger partial charge in [0, 0.05) is 32.8 Å². The van der Waals surface area contributed by atoms with Gasteiger partial charge in [0.1, 0.15) is 0 Å². The average molecular weight is 766 g/mol. The van der Waals surface area contributed by atoms with E-state index in [0.29, 0.717) is 36.2 Å². The molecule has 0 saturated heterocycles. The molecule has 238 valence electrons. The van der Waals surface area contributed by atoms with E-state index in [1.165, 1.54) is 0 Å². The van der Waals surface area contributed by atoms with Crippen LogP contribution in [0.2, 0.25) is 0 Å². The molecule has 2 unspecified atom stereocenters. The number of unbranched alkanes of at least 4 members (excludes halogenated alkanes) is 2. The van der Waals surface area contributed by atoms with Crippen molar-refractivity contribution in [2.75, 3.05) is 11.5 Å². The summed E-state index contributed by atoms with van der Waals surface area (Å²) in [6, 6.07) is -2.19. The molecule has 4 atom stereocenters. The number of amides is 2. The summed E-state index contributed by atoms with van der Waals surface area (Å²) in [7, 11) is 0. The van der Waals surface area contributed by atoms with Crippen LogP contribution in [0, 0.1) is 0 Å². The smallest absolute Gasteiger partial charge is 1.00 e. The molecule has 0 aliphatic carbocycles. The number of hydrogen-bond donors (Lipinski definition) is 8. The maximum absolute atomic E-state index is 11.7. The Morgan fingerprint density at radius 3 is 1.17 bits per heavy atom. The van der Waals surface area contributed by atoms with Gasteiger partial charge >= 0.3 is 49.0 Å². The molecular weight excluding hydrogens is 717 g/mol. The standard InChI is InChI=1S/2C13H25NO3S3.Na.Zn.H/c2*1-13(2,20)11(12(16)17)14-10(15)6-4-3-5-9(19)7-8-18;;;/h2*9,11,18-20H,3-8H2,1-2H3,(H,14,15)(H,16,17);;;/q;;+1;+2;-1/p-2/t2*9?,11-;;;/m11.../s1. The van der Waals surface area contributed by atoms with Gasteiger partial charge in [-0.1, -0.05) is 12.8 Å². The molecule has 2 N–H and O–H groups in total. The molecule has 0 aliphatic rings. The first kappa shape index (κ1) is 50.5. The molecule has 0 fully saturated rings. The van der Waals surface area contributed by atoms with Crippen molar-refractivity contribution in [1.82, 2.24) is 10.6 Å². The fourth-order valence-corrected chi connectivity index (χ4v) is 5.43. The number of aliphatic carboxylic acids is 2. The van der Waals surface area contributed by atoms with Crippen LogP contribution in [-0.2, 0) is 38.7 Å². The quantitative estimate of drug-likeness (QED) is 0.0471. The van der Waals surface area contributed by atoms with E-state index in [1.54, 1.807) is 27.7 Å². The van der Waals surface area contributed by atoms with E-state index in [2.05, 4.69) is 86.4 Å². The maximum Gasteiger partial charge on any atom is 2.00 e. The van der Waals surface area contributed by atoms with Crippen molar-refractivity contribution >= 4 is 99.5 Å². The summed E-state index contributed by atoms with van der Waals surface area (Å²) >= 11 is 25.4. The minimum absolute atomic E-state index is 0. The Kier molecular flexibility index (Phi) is 33.3. The van der Waals surface area contributed by atoms with E-state index in [1.807, 2.05) is 0 Å². The fraction of sp³-hybridized carbons (Fsp3) is 0.846. The molecule has 2 amide bonds. The van der Waals surface area contributed by atoms with E-state index < -0.39 is 33.5 Å². The summed E-state index contributed by atoms with van der Waals surface area (Å²) < 4.78 is -1.73. The van der Waals surface area contributed by atoms with Crippen molar-refractivity contribution in [2.24, 2.45) is 0 Å². The van der Waals surface area contributed by atoms with E-state index in [0.717, 1.165) is 50.0 Å². The van der Waals surface area contributed by atoms with Gasteiger partial charge in [0.15, 0.2) is 0 Å². The van der Waals surface area contributed by atoms with E-state index in [-0.39, 0.29) is 62.3 Å².